The molecule has 0 heterocycles. The fraction of sp³-hybridized carbons (Fsp3) is 0.429. The number of carboxylic acid groups (broad SMARTS) is 1. The maximum atomic E-state index is 11.6. The average molecular weight is 360 g/mol. The molecule has 0 unspecified atom stereocenters. The van der Waals surface area contributed by atoms with Gasteiger partial charge in [0.05, 0.1) is 13.2 Å². The van der Waals surface area contributed by atoms with Crippen molar-refractivity contribution in [1.29, 1.82) is 0 Å². The zero-order valence-corrected chi connectivity index (χ0v) is 13.3. The highest BCUT2D eigenvalue weighted by atomic mass is 79.9. The second kappa shape index (κ2) is 9.49. The molecule has 1 atom stereocenters. The normalized spacial score (nSPS) is 11.9. The van der Waals surface area contributed by atoms with Crippen molar-refractivity contribution >= 4 is 27.8 Å². The van der Waals surface area contributed by atoms with Gasteiger partial charge in [-0.05, 0) is 11.6 Å². The number of ether oxygens (including phenoxy) is 2. The molecule has 7 heteroatoms. The quantitative estimate of drug-likeness (QED) is 0.647. The molecular weight excluding hydrogens is 342 g/mol. The van der Waals surface area contributed by atoms with Gasteiger partial charge in [0.25, 0.3) is 0 Å². The lowest BCUT2D eigenvalue weighted by Crippen LogP contribution is -2.44. The molecule has 1 aromatic carbocycles. The summed E-state index contributed by atoms with van der Waals surface area (Å²) in [7, 11) is 1.53. The van der Waals surface area contributed by atoms with Crippen LogP contribution in [0.15, 0.2) is 28.7 Å². The fourth-order valence-electron chi connectivity index (χ4n) is 1.63. The third kappa shape index (κ3) is 6.70. The van der Waals surface area contributed by atoms with Gasteiger partial charge < -0.3 is 19.9 Å². The molecule has 0 bridgehead atoms. The van der Waals surface area contributed by atoms with Crippen LogP contribution in [0.2, 0.25) is 0 Å². The van der Waals surface area contributed by atoms with E-state index in [-0.39, 0.29) is 19.6 Å². The number of hydrogen-bond donors (Lipinski definition) is 2. The summed E-state index contributed by atoms with van der Waals surface area (Å²) in [5, 5.41) is 11.6. The number of rotatable bonds is 9. The fourth-order valence-corrected chi connectivity index (χ4v) is 2.07. The summed E-state index contributed by atoms with van der Waals surface area (Å²) in [6.07, 6.45) is 0.195. The van der Waals surface area contributed by atoms with E-state index < -0.39 is 17.9 Å². The molecule has 0 fully saturated rings. The van der Waals surface area contributed by atoms with Crippen molar-refractivity contribution in [1.82, 2.24) is 5.32 Å². The highest BCUT2D eigenvalue weighted by Crippen LogP contribution is 2.17. The predicted octanol–water partition coefficient (Wildman–Crippen LogP) is 1.22. The summed E-state index contributed by atoms with van der Waals surface area (Å²) in [5.74, 6) is -1.55. The van der Waals surface area contributed by atoms with E-state index >= 15 is 0 Å². The van der Waals surface area contributed by atoms with Gasteiger partial charge in [0.1, 0.15) is 12.6 Å². The van der Waals surface area contributed by atoms with Crippen molar-refractivity contribution in [2.24, 2.45) is 0 Å². The second-order valence-electron chi connectivity index (χ2n) is 4.30. The number of aliphatic carboxylic acids is 1. The van der Waals surface area contributed by atoms with Crippen LogP contribution in [-0.4, -0.2) is 50.0 Å². The van der Waals surface area contributed by atoms with Gasteiger partial charge in [0, 0.05) is 18.0 Å². The Morgan fingerprint density at radius 3 is 2.67 bits per heavy atom. The summed E-state index contributed by atoms with van der Waals surface area (Å²) in [5.41, 5.74) is 0.811. The minimum absolute atomic E-state index is 0.191. The topological polar surface area (TPSA) is 84.9 Å². The molecule has 6 nitrogen and oxygen atoms in total. The second-order valence-corrected chi connectivity index (χ2v) is 5.15. The largest absolute Gasteiger partial charge is 0.480 e. The number of benzene rings is 1. The maximum Gasteiger partial charge on any atom is 0.326 e. The van der Waals surface area contributed by atoms with Crippen LogP contribution in [0.4, 0.5) is 0 Å². The Kier molecular flexibility index (Phi) is 7.96. The van der Waals surface area contributed by atoms with Crippen molar-refractivity contribution in [3.8, 4) is 0 Å². The molecule has 1 amide bonds. The molecule has 1 rings (SSSR count). The molecule has 0 radical (unpaired) electrons. The lowest BCUT2D eigenvalue weighted by molar-refractivity contribution is -0.142. The summed E-state index contributed by atoms with van der Waals surface area (Å²) >= 11 is 3.36. The number of amides is 1. The average Bonchev–Trinajstić information content (AvgIpc) is 2.45. The van der Waals surface area contributed by atoms with E-state index in [1.165, 1.54) is 7.11 Å². The molecule has 0 saturated carbocycles. The van der Waals surface area contributed by atoms with E-state index in [0.29, 0.717) is 6.61 Å². The van der Waals surface area contributed by atoms with Crippen molar-refractivity contribution in [2.75, 3.05) is 26.9 Å². The van der Waals surface area contributed by atoms with Crippen LogP contribution in [0, 0.1) is 0 Å². The zero-order chi connectivity index (χ0) is 15.7. The Morgan fingerprint density at radius 1 is 1.33 bits per heavy atom. The van der Waals surface area contributed by atoms with Crippen LogP contribution in [0.1, 0.15) is 5.56 Å². The Balaban J connectivity index is 2.52. The van der Waals surface area contributed by atoms with Crippen LogP contribution in [0.3, 0.4) is 0 Å². The monoisotopic (exact) mass is 359 g/mol. The van der Waals surface area contributed by atoms with Crippen LogP contribution in [0.5, 0.6) is 0 Å². The van der Waals surface area contributed by atoms with Gasteiger partial charge in [-0.3, -0.25) is 4.79 Å². The van der Waals surface area contributed by atoms with Gasteiger partial charge in [-0.25, -0.2) is 4.79 Å². The standard InChI is InChI=1S/C14H18BrNO5/c1-20-6-7-21-9-13(17)16-12(14(18)19)8-10-4-2-3-5-11(10)15/h2-5,12H,6-9H2,1H3,(H,16,17)(H,18,19)/t12-/m0/s1. The van der Waals surface area contributed by atoms with Crippen LogP contribution in [-0.2, 0) is 25.5 Å². The predicted molar refractivity (Wildman–Crippen MR) is 80.1 cm³/mol. The highest BCUT2D eigenvalue weighted by molar-refractivity contribution is 9.10. The number of nitrogens with one attached hydrogen (secondary N) is 1. The van der Waals surface area contributed by atoms with Gasteiger partial charge in [-0.15, -0.1) is 0 Å². The Morgan fingerprint density at radius 2 is 2.05 bits per heavy atom. The first-order valence-electron chi connectivity index (χ1n) is 6.37. The first kappa shape index (κ1) is 17.6. The van der Waals surface area contributed by atoms with E-state index in [1.807, 2.05) is 18.2 Å². The van der Waals surface area contributed by atoms with Crippen LogP contribution < -0.4 is 5.32 Å². The van der Waals surface area contributed by atoms with E-state index in [1.54, 1.807) is 6.07 Å². The van der Waals surface area contributed by atoms with Gasteiger partial charge in [0.2, 0.25) is 5.91 Å². The minimum Gasteiger partial charge on any atom is -0.480 e. The number of methoxy groups -OCH3 is 1. The minimum atomic E-state index is -1.09. The number of carboxylic acids is 1. The van der Waals surface area contributed by atoms with Gasteiger partial charge in [-0.1, -0.05) is 34.1 Å². The molecule has 1 aromatic rings. The molecule has 21 heavy (non-hydrogen) atoms. The third-order valence-electron chi connectivity index (χ3n) is 2.68. The van der Waals surface area contributed by atoms with Gasteiger partial charge in [-0.2, -0.15) is 0 Å². The van der Waals surface area contributed by atoms with Crippen molar-refractivity contribution in [3.63, 3.8) is 0 Å². The van der Waals surface area contributed by atoms with Crippen molar-refractivity contribution < 1.29 is 24.2 Å². The Bertz CT molecular complexity index is 480. The summed E-state index contributed by atoms with van der Waals surface area (Å²) in [6.45, 7) is 0.474. The number of carbonyl (C=O) groups excluding carboxylic acids is 1. The smallest absolute Gasteiger partial charge is 0.326 e. The zero-order valence-electron chi connectivity index (χ0n) is 11.7. The Labute approximate surface area is 131 Å². The van der Waals surface area contributed by atoms with E-state index in [9.17, 15) is 14.7 Å². The molecule has 116 valence electrons. The maximum absolute atomic E-state index is 11.6. The molecule has 0 aliphatic carbocycles. The molecule has 0 spiro atoms. The van der Waals surface area contributed by atoms with Gasteiger partial charge >= 0.3 is 5.97 Å². The summed E-state index contributed by atoms with van der Waals surface area (Å²) < 4.78 is 10.6. The Hall–Kier alpha value is -1.44. The number of halogens is 1. The highest BCUT2D eigenvalue weighted by Gasteiger charge is 2.21. The van der Waals surface area contributed by atoms with E-state index in [0.717, 1.165) is 10.0 Å². The summed E-state index contributed by atoms with van der Waals surface area (Å²) in [6, 6.07) is 6.29. The lowest BCUT2D eigenvalue weighted by Gasteiger charge is -2.15. The van der Waals surface area contributed by atoms with Crippen LogP contribution >= 0.6 is 15.9 Å². The number of hydrogen-bond acceptors (Lipinski definition) is 4. The number of carbonyl (C=O) groups is 2. The lowest BCUT2D eigenvalue weighted by atomic mass is 10.1. The molecule has 0 aromatic heterocycles. The summed E-state index contributed by atoms with van der Waals surface area (Å²) in [4.78, 5) is 22.9. The van der Waals surface area contributed by atoms with Crippen LogP contribution in [0.25, 0.3) is 0 Å². The first-order valence-corrected chi connectivity index (χ1v) is 7.16. The molecule has 0 saturated heterocycles. The van der Waals surface area contributed by atoms with E-state index in [4.69, 9.17) is 9.47 Å². The molecule has 0 aliphatic rings. The SMILES string of the molecule is COCCOCC(=O)N[C@@H](Cc1ccccc1Br)C(=O)O. The molecule has 0 aliphatic heterocycles. The molecular formula is C14H18BrNO5. The third-order valence-corrected chi connectivity index (χ3v) is 3.45. The van der Waals surface area contributed by atoms with E-state index in [2.05, 4.69) is 21.2 Å². The van der Waals surface area contributed by atoms with Crippen molar-refractivity contribution in [3.05, 3.63) is 34.3 Å². The van der Waals surface area contributed by atoms with Crippen molar-refractivity contribution in [2.45, 2.75) is 12.5 Å². The first-order chi connectivity index (χ1) is 10.0. The van der Waals surface area contributed by atoms with Gasteiger partial charge in [0.15, 0.2) is 0 Å². The molecule has 2 N–H and O–H groups in total.